The second kappa shape index (κ2) is 10.2. The predicted molar refractivity (Wildman–Crippen MR) is 109 cm³/mol. The van der Waals surface area contributed by atoms with E-state index in [2.05, 4.69) is 15.7 Å². The number of benzene rings is 1. The molecule has 3 rings (SSSR count). The van der Waals surface area contributed by atoms with Crippen LogP contribution >= 0.6 is 24.8 Å². The summed E-state index contributed by atoms with van der Waals surface area (Å²) in [6.45, 7) is 5.20. The van der Waals surface area contributed by atoms with Crippen molar-refractivity contribution in [2.45, 2.75) is 38.6 Å². The van der Waals surface area contributed by atoms with E-state index in [1.165, 1.54) is 6.07 Å². The van der Waals surface area contributed by atoms with Crippen LogP contribution in [0, 0.1) is 25.5 Å². The molecule has 5 nitrogen and oxygen atoms in total. The van der Waals surface area contributed by atoms with E-state index in [1.807, 2.05) is 20.9 Å². The Morgan fingerprint density at radius 1 is 1.29 bits per heavy atom. The molecule has 0 radical (unpaired) electrons. The Morgan fingerprint density at radius 2 is 2.00 bits per heavy atom. The lowest BCUT2D eigenvalue weighted by molar-refractivity contribution is -0.121. The fraction of sp³-hybridized carbons (Fsp3) is 0.474. The molecule has 1 fully saturated rings. The number of hydrogen-bond acceptors (Lipinski definition) is 3. The number of amides is 1. The van der Waals surface area contributed by atoms with Gasteiger partial charge in [-0.2, -0.15) is 5.10 Å². The monoisotopic (exact) mass is 434 g/mol. The van der Waals surface area contributed by atoms with Crippen LogP contribution < -0.4 is 10.6 Å². The minimum absolute atomic E-state index is 0. The van der Waals surface area contributed by atoms with Crippen LogP contribution in [0.3, 0.4) is 0 Å². The molecule has 0 saturated carbocycles. The topological polar surface area (TPSA) is 59.0 Å². The number of hydrogen-bond donors (Lipinski definition) is 2. The molecule has 0 aliphatic carbocycles. The van der Waals surface area contributed by atoms with E-state index >= 15 is 0 Å². The van der Waals surface area contributed by atoms with Crippen molar-refractivity contribution < 1.29 is 13.6 Å². The summed E-state index contributed by atoms with van der Waals surface area (Å²) in [7, 11) is 1.86. The number of carbonyl (C=O) groups excluding carboxylic acids is 1. The summed E-state index contributed by atoms with van der Waals surface area (Å²) in [5.74, 6) is -1.85. The van der Waals surface area contributed by atoms with Crippen LogP contribution in [0.25, 0.3) is 0 Å². The molecule has 1 saturated heterocycles. The van der Waals surface area contributed by atoms with E-state index in [0.717, 1.165) is 36.0 Å². The van der Waals surface area contributed by atoms with Crippen LogP contribution in [-0.2, 0) is 18.3 Å². The number of carbonyl (C=O) groups is 1. The first-order valence-corrected chi connectivity index (χ1v) is 8.81. The van der Waals surface area contributed by atoms with E-state index in [0.29, 0.717) is 12.1 Å². The summed E-state index contributed by atoms with van der Waals surface area (Å²) < 4.78 is 28.6. The van der Waals surface area contributed by atoms with E-state index in [-0.39, 0.29) is 49.1 Å². The second-order valence-corrected chi connectivity index (χ2v) is 6.90. The van der Waals surface area contributed by atoms with Crippen LogP contribution in [0.5, 0.6) is 0 Å². The lowest BCUT2D eigenvalue weighted by Crippen LogP contribution is -2.50. The molecule has 2 unspecified atom stereocenters. The van der Waals surface area contributed by atoms with Crippen molar-refractivity contribution >= 4 is 30.7 Å². The van der Waals surface area contributed by atoms with Gasteiger partial charge in [0.2, 0.25) is 5.91 Å². The van der Waals surface area contributed by atoms with E-state index in [4.69, 9.17) is 0 Å². The van der Waals surface area contributed by atoms with Crippen molar-refractivity contribution in [1.82, 2.24) is 20.4 Å². The van der Waals surface area contributed by atoms with Gasteiger partial charge in [0.15, 0.2) is 11.6 Å². The summed E-state index contributed by atoms with van der Waals surface area (Å²) in [4.78, 5) is 12.6. The van der Waals surface area contributed by atoms with Gasteiger partial charge in [-0.15, -0.1) is 24.8 Å². The molecule has 1 amide bonds. The lowest BCUT2D eigenvalue weighted by atomic mass is 9.86. The van der Waals surface area contributed by atoms with Gasteiger partial charge < -0.3 is 10.6 Å². The smallest absolute Gasteiger partial charge is 0.224 e. The Labute approximate surface area is 176 Å². The maximum absolute atomic E-state index is 13.6. The van der Waals surface area contributed by atoms with Crippen molar-refractivity contribution in [3.8, 4) is 0 Å². The maximum atomic E-state index is 13.6. The predicted octanol–water partition coefficient (Wildman–Crippen LogP) is 2.96. The van der Waals surface area contributed by atoms with Crippen LogP contribution in [0.1, 0.15) is 34.9 Å². The highest BCUT2D eigenvalue weighted by molar-refractivity contribution is 5.85. The van der Waals surface area contributed by atoms with Crippen LogP contribution in [0.4, 0.5) is 8.78 Å². The standard InChI is InChI=1S/C19H24F2N4O.2ClH/c1-11-15(12(2)25(3)24-11)9-19(26)23-18-10-22-7-6-14(18)13-4-5-16(20)17(21)8-13;;/h4-5,8,14,18,22H,6-7,9-10H2,1-3H3,(H,23,26);2*1H. The van der Waals surface area contributed by atoms with Gasteiger partial charge in [-0.1, -0.05) is 6.07 Å². The summed E-state index contributed by atoms with van der Waals surface area (Å²) in [5, 5.41) is 10.7. The zero-order chi connectivity index (χ0) is 18.8. The average molecular weight is 435 g/mol. The first kappa shape index (κ1) is 24.3. The minimum Gasteiger partial charge on any atom is -0.351 e. The molecule has 2 atom stereocenters. The molecule has 1 aliphatic heterocycles. The van der Waals surface area contributed by atoms with Crippen molar-refractivity contribution in [3.63, 3.8) is 0 Å². The number of rotatable bonds is 4. The third-order valence-corrected chi connectivity index (χ3v) is 5.20. The molecule has 0 spiro atoms. The normalized spacial score (nSPS) is 18.8. The number of aryl methyl sites for hydroxylation is 2. The summed E-state index contributed by atoms with van der Waals surface area (Å²) >= 11 is 0. The van der Waals surface area contributed by atoms with Crippen molar-refractivity contribution in [2.75, 3.05) is 13.1 Å². The molecule has 2 N–H and O–H groups in total. The SMILES string of the molecule is Cc1nn(C)c(C)c1CC(=O)NC1CNCCC1c1ccc(F)c(F)c1.Cl.Cl. The van der Waals surface area contributed by atoms with Gasteiger partial charge in [0, 0.05) is 36.8 Å². The van der Waals surface area contributed by atoms with Gasteiger partial charge in [-0.05, 0) is 44.5 Å². The number of nitrogens with zero attached hydrogens (tertiary/aromatic N) is 2. The van der Waals surface area contributed by atoms with Crippen molar-refractivity contribution in [3.05, 3.63) is 52.3 Å². The number of halogens is 4. The fourth-order valence-electron chi connectivity index (χ4n) is 3.64. The molecule has 9 heteroatoms. The Kier molecular flexibility index (Phi) is 8.85. The van der Waals surface area contributed by atoms with Gasteiger partial charge in [-0.3, -0.25) is 9.48 Å². The molecule has 156 valence electrons. The first-order valence-electron chi connectivity index (χ1n) is 8.81. The second-order valence-electron chi connectivity index (χ2n) is 6.90. The molecule has 1 aromatic carbocycles. The largest absolute Gasteiger partial charge is 0.351 e. The Morgan fingerprint density at radius 3 is 2.61 bits per heavy atom. The third kappa shape index (κ3) is 5.21. The van der Waals surface area contributed by atoms with Crippen molar-refractivity contribution in [2.24, 2.45) is 7.05 Å². The summed E-state index contributed by atoms with van der Waals surface area (Å²) in [5.41, 5.74) is 3.46. The van der Waals surface area contributed by atoms with Gasteiger partial charge in [0.1, 0.15) is 0 Å². The minimum atomic E-state index is -0.856. The Balaban J connectivity index is 0.00000196. The zero-order valence-electron chi connectivity index (χ0n) is 16.1. The van der Waals surface area contributed by atoms with Gasteiger partial charge >= 0.3 is 0 Å². The Hall–Kier alpha value is -1.70. The number of aromatic nitrogens is 2. The first-order chi connectivity index (χ1) is 12.4. The summed E-state index contributed by atoms with van der Waals surface area (Å²) in [6.07, 6.45) is 1.01. The number of piperidine rings is 1. The highest BCUT2D eigenvalue weighted by atomic mass is 35.5. The van der Waals surface area contributed by atoms with Gasteiger partial charge in [-0.25, -0.2) is 8.78 Å². The molecule has 1 aliphatic rings. The molecule has 2 aromatic rings. The number of nitrogens with one attached hydrogen (secondary N) is 2. The highest BCUT2D eigenvalue weighted by Crippen LogP contribution is 2.27. The zero-order valence-corrected chi connectivity index (χ0v) is 17.7. The third-order valence-electron chi connectivity index (χ3n) is 5.20. The molecular formula is C19H26Cl2F2N4O. The maximum Gasteiger partial charge on any atom is 0.224 e. The van der Waals surface area contributed by atoms with Crippen molar-refractivity contribution in [1.29, 1.82) is 0 Å². The van der Waals surface area contributed by atoms with E-state index in [1.54, 1.807) is 10.7 Å². The fourth-order valence-corrected chi connectivity index (χ4v) is 3.64. The van der Waals surface area contributed by atoms with Gasteiger partial charge in [0.25, 0.3) is 0 Å². The van der Waals surface area contributed by atoms with Crippen LogP contribution in [0.15, 0.2) is 18.2 Å². The molecule has 0 bridgehead atoms. The molecular weight excluding hydrogens is 409 g/mol. The van der Waals surface area contributed by atoms with Crippen LogP contribution in [-0.4, -0.2) is 34.8 Å². The lowest BCUT2D eigenvalue weighted by Gasteiger charge is -2.33. The molecule has 1 aromatic heterocycles. The van der Waals surface area contributed by atoms with E-state index in [9.17, 15) is 13.6 Å². The quantitative estimate of drug-likeness (QED) is 0.777. The van der Waals surface area contributed by atoms with Gasteiger partial charge in [0.05, 0.1) is 12.1 Å². The molecule has 28 heavy (non-hydrogen) atoms. The van der Waals surface area contributed by atoms with E-state index < -0.39 is 11.6 Å². The highest BCUT2D eigenvalue weighted by Gasteiger charge is 2.28. The summed E-state index contributed by atoms with van der Waals surface area (Å²) in [6, 6.07) is 3.81. The Bertz CT molecular complexity index is 829. The van der Waals surface area contributed by atoms with Crippen LogP contribution in [0.2, 0.25) is 0 Å². The average Bonchev–Trinajstić information content (AvgIpc) is 2.84. The molecule has 2 heterocycles.